The first kappa shape index (κ1) is 17.9. The zero-order chi connectivity index (χ0) is 19.7. The van der Waals surface area contributed by atoms with Crippen LogP contribution in [0.2, 0.25) is 0 Å². The van der Waals surface area contributed by atoms with Crippen molar-refractivity contribution in [1.29, 1.82) is 0 Å². The van der Waals surface area contributed by atoms with E-state index in [4.69, 9.17) is 5.11 Å². The van der Waals surface area contributed by atoms with E-state index in [1.807, 2.05) is 18.2 Å². The number of aromatic nitrogens is 1. The van der Waals surface area contributed by atoms with Gasteiger partial charge >= 0.3 is 5.97 Å². The van der Waals surface area contributed by atoms with E-state index in [9.17, 15) is 14.4 Å². The van der Waals surface area contributed by atoms with Gasteiger partial charge in [-0.15, -0.1) is 11.3 Å². The van der Waals surface area contributed by atoms with Crippen molar-refractivity contribution < 1.29 is 19.5 Å². The van der Waals surface area contributed by atoms with E-state index in [2.05, 4.69) is 10.3 Å². The summed E-state index contributed by atoms with van der Waals surface area (Å²) >= 11 is 1.02. The summed E-state index contributed by atoms with van der Waals surface area (Å²) in [5.74, 6) is -1.83. The molecule has 2 amide bonds. The van der Waals surface area contributed by atoms with Gasteiger partial charge in [-0.2, -0.15) is 0 Å². The van der Waals surface area contributed by atoms with E-state index >= 15 is 0 Å². The summed E-state index contributed by atoms with van der Waals surface area (Å²) in [6.07, 6.45) is 0. The molecule has 0 unspecified atom stereocenters. The predicted molar refractivity (Wildman–Crippen MR) is 103 cm³/mol. The van der Waals surface area contributed by atoms with E-state index < -0.39 is 17.9 Å². The molecule has 2 aromatic carbocycles. The molecule has 1 aliphatic heterocycles. The lowest BCUT2D eigenvalue weighted by Crippen LogP contribution is -2.37. The van der Waals surface area contributed by atoms with Crippen molar-refractivity contribution in [2.45, 2.75) is 12.6 Å². The molecule has 2 N–H and O–H groups in total. The first-order valence-electron chi connectivity index (χ1n) is 8.48. The number of thiazole rings is 1. The Morgan fingerprint density at radius 1 is 1.11 bits per heavy atom. The van der Waals surface area contributed by atoms with E-state index in [1.165, 1.54) is 10.3 Å². The molecule has 0 saturated heterocycles. The van der Waals surface area contributed by atoms with Gasteiger partial charge in [0, 0.05) is 17.5 Å². The lowest BCUT2D eigenvalue weighted by molar-refractivity contribution is -0.120. The van der Waals surface area contributed by atoms with Crippen LogP contribution < -0.4 is 5.32 Å². The first-order chi connectivity index (χ1) is 13.5. The second-order valence-corrected chi connectivity index (χ2v) is 7.09. The van der Waals surface area contributed by atoms with Crippen LogP contribution in [0.15, 0.2) is 60.0 Å². The van der Waals surface area contributed by atoms with Crippen LogP contribution in [0.1, 0.15) is 38.0 Å². The highest BCUT2D eigenvalue weighted by atomic mass is 32.1. The fraction of sp³-hybridized carbons (Fsp3) is 0.100. The van der Waals surface area contributed by atoms with Gasteiger partial charge < -0.3 is 10.0 Å². The summed E-state index contributed by atoms with van der Waals surface area (Å²) in [6.45, 7) is 0.320. The number of amides is 2. The van der Waals surface area contributed by atoms with Crippen LogP contribution in [0, 0.1) is 0 Å². The van der Waals surface area contributed by atoms with Crippen LogP contribution in [0.5, 0.6) is 0 Å². The highest BCUT2D eigenvalue weighted by Gasteiger charge is 2.37. The SMILES string of the molecule is O=C(O)c1csc(NC(=O)[C@@H](c2ccccc2)N2Cc3ccccc3C2=O)n1. The number of hydrogen-bond acceptors (Lipinski definition) is 5. The number of fused-ring (bicyclic) bond motifs is 1. The molecule has 3 aromatic rings. The molecule has 0 saturated carbocycles. The smallest absolute Gasteiger partial charge is 0.355 e. The summed E-state index contributed by atoms with van der Waals surface area (Å²) < 4.78 is 0. The lowest BCUT2D eigenvalue weighted by Gasteiger charge is -2.27. The summed E-state index contributed by atoms with van der Waals surface area (Å²) in [4.78, 5) is 42.4. The number of nitrogens with one attached hydrogen (secondary N) is 1. The third-order valence-corrected chi connectivity index (χ3v) is 5.24. The molecule has 1 aliphatic rings. The van der Waals surface area contributed by atoms with Gasteiger partial charge in [0.15, 0.2) is 10.8 Å². The van der Waals surface area contributed by atoms with Gasteiger partial charge in [0.2, 0.25) is 0 Å². The fourth-order valence-corrected chi connectivity index (χ4v) is 3.88. The maximum absolute atomic E-state index is 13.1. The molecule has 1 aromatic heterocycles. The Hall–Kier alpha value is -3.52. The van der Waals surface area contributed by atoms with E-state index in [-0.39, 0.29) is 16.7 Å². The van der Waals surface area contributed by atoms with Gasteiger partial charge in [-0.05, 0) is 17.2 Å². The Kier molecular flexibility index (Phi) is 4.62. The second-order valence-electron chi connectivity index (χ2n) is 6.24. The number of benzene rings is 2. The molecule has 1 atom stereocenters. The first-order valence-corrected chi connectivity index (χ1v) is 9.36. The van der Waals surface area contributed by atoms with Crippen LogP contribution >= 0.6 is 11.3 Å². The Labute approximate surface area is 164 Å². The van der Waals surface area contributed by atoms with Gasteiger partial charge in [-0.1, -0.05) is 48.5 Å². The number of aromatic carboxylic acids is 1. The summed E-state index contributed by atoms with van der Waals surface area (Å²) in [7, 11) is 0. The number of hydrogen-bond donors (Lipinski definition) is 2. The molecular formula is C20H15N3O4S. The number of carboxylic acids is 1. The van der Waals surface area contributed by atoms with Crippen LogP contribution in [0.25, 0.3) is 0 Å². The monoisotopic (exact) mass is 393 g/mol. The van der Waals surface area contributed by atoms with E-state index in [1.54, 1.807) is 36.4 Å². The van der Waals surface area contributed by atoms with Crippen molar-refractivity contribution in [2.24, 2.45) is 0 Å². The van der Waals surface area contributed by atoms with E-state index in [0.29, 0.717) is 17.7 Å². The average Bonchev–Trinajstić information content (AvgIpc) is 3.29. The molecule has 0 fully saturated rings. The Bertz CT molecular complexity index is 1060. The third kappa shape index (κ3) is 3.25. The predicted octanol–water partition coefficient (Wildman–Crippen LogP) is 3.18. The summed E-state index contributed by atoms with van der Waals surface area (Å²) in [6, 6.07) is 15.4. The second kappa shape index (κ2) is 7.24. The molecule has 0 radical (unpaired) electrons. The summed E-state index contributed by atoms with van der Waals surface area (Å²) in [5.41, 5.74) is 1.97. The van der Waals surface area contributed by atoms with Crippen molar-refractivity contribution in [2.75, 3.05) is 5.32 Å². The molecular weight excluding hydrogens is 378 g/mol. The van der Waals surface area contributed by atoms with Gasteiger partial charge in [0.1, 0.15) is 6.04 Å². The maximum Gasteiger partial charge on any atom is 0.355 e. The number of carbonyl (C=O) groups excluding carboxylic acids is 2. The number of carbonyl (C=O) groups is 3. The van der Waals surface area contributed by atoms with Crippen LogP contribution in [-0.4, -0.2) is 32.8 Å². The minimum atomic E-state index is -1.17. The Morgan fingerprint density at radius 3 is 2.50 bits per heavy atom. The zero-order valence-corrected chi connectivity index (χ0v) is 15.3. The minimum Gasteiger partial charge on any atom is -0.476 e. The topological polar surface area (TPSA) is 99.6 Å². The highest BCUT2D eigenvalue weighted by molar-refractivity contribution is 7.14. The van der Waals surface area contributed by atoms with Crippen molar-refractivity contribution in [3.63, 3.8) is 0 Å². The van der Waals surface area contributed by atoms with Crippen molar-refractivity contribution >= 4 is 34.3 Å². The highest BCUT2D eigenvalue weighted by Crippen LogP contribution is 2.32. The van der Waals surface area contributed by atoms with Crippen LogP contribution in [0.4, 0.5) is 5.13 Å². The fourth-order valence-electron chi connectivity index (χ4n) is 3.20. The largest absolute Gasteiger partial charge is 0.476 e. The molecule has 8 heteroatoms. The number of rotatable bonds is 5. The third-order valence-electron chi connectivity index (χ3n) is 4.48. The molecule has 0 aliphatic carbocycles. The molecule has 7 nitrogen and oxygen atoms in total. The lowest BCUT2D eigenvalue weighted by atomic mass is 10.0. The minimum absolute atomic E-state index is 0.138. The quantitative estimate of drug-likeness (QED) is 0.694. The number of anilines is 1. The average molecular weight is 393 g/mol. The van der Waals surface area contributed by atoms with Crippen LogP contribution in [0.3, 0.4) is 0 Å². The van der Waals surface area contributed by atoms with Gasteiger partial charge in [-0.3, -0.25) is 14.9 Å². The number of carboxylic acid groups (broad SMARTS) is 1. The maximum atomic E-state index is 13.1. The molecule has 0 spiro atoms. The molecule has 0 bridgehead atoms. The van der Waals surface area contributed by atoms with E-state index in [0.717, 1.165) is 16.9 Å². The Morgan fingerprint density at radius 2 is 1.82 bits per heavy atom. The number of nitrogens with zero attached hydrogens (tertiary/aromatic N) is 2. The molecule has 140 valence electrons. The molecule has 4 rings (SSSR count). The molecule has 2 heterocycles. The van der Waals surface area contributed by atoms with Crippen LogP contribution in [-0.2, 0) is 11.3 Å². The Balaban J connectivity index is 1.66. The summed E-state index contributed by atoms with van der Waals surface area (Å²) in [5, 5.41) is 13.2. The van der Waals surface area contributed by atoms with Gasteiger partial charge in [0.25, 0.3) is 11.8 Å². The van der Waals surface area contributed by atoms with Gasteiger partial charge in [0.05, 0.1) is 0 Å². The van der Waals surface area contributed by atoms with Crippen molar-refractivity contribution in [3.8, 4) is 0 Å². The normalized spacial score (nSPS) is 13.9. The molecule has 28 heavy (non-hydrogen) atoms. The van der Waals surface area contributed by atoms with Crippen molar-refractivity contribution in [1.82, 2.24) is 9.88 Å². The zero-order valence-electron chi connectivity index (χ0n) is 14.5. The van der Waals surface area contributed by atoms with Crippen molar-refractivity contribution in [3.05, 3.63) is 82.4 Å². The van der Waals surface area contributed by atoms with Gasteiger partial charge in [-0.25, -0.2) is 9.78 Å². The standard InChI is InChI=1S/C20H15N3O4S/c24-17(22-20-21-15(11-28-20)19(26)27)16(12-6-2-1-3-7-12)23-10-13-8-4-5-9-14(13)18(23)25/h1-9,11,16H,10H2,(H,26,27)(H,21,22,24)/t16-/m1/s1.